The van der Waals surface area contributed by atoms with Crippen LogP contribution in [0.4, 0.5) is 0 Å². The number of rotatable bonds is 4. The van der Waals surface area contributed by atoms with Crippen LogP contribution in [-0.4, -0.2) is 48.8 Å². The molecule has 0 amide bonds. The summed E-state index contributed by atoms with van der Waals surface area (Å²) in [5, 5.41) is 12.1. The van der Waals surface area contributed by atoms with E-state index in [1.807, 2.05) is 6.08 Å². The molecule has 1 unspecified atom stereocenters. The van der Waals surface area contributed by atoms with Crippen LogP contribution in [0.25, 0.3) is 0 Å². The lowest BCUT2D eigenvalue weighted by Crippen LogP contribution is -2.51. The number of piperazine rings is 1. The molecule has 0 aliphatic carbocycles. The van der Waals surface area contributed by atoms with Gasteiger partial charge in [-0.2, -0.15) is 0 Å². The first-order chi connectivity index (χ1) is 5.88. The highest BCUT2D eigenvalue weighted by Gasteiger charge is 2.19. The fourth-order valence-electron chi connectivity index (χ4n) is 1.64. The van der Waals surface area contributed by atoms with E-state index >= 15 is 0 Å². The minimum atomic E-state index is 0.278. The summed E-state index contributed by atoms with van der Waals surface area (Å²) in [5.41, 5.74) is 0. The standard InChI is InChI=1S/C9H18N2O/c1-2-5-11-6-4-10-8-9(11)3-7-12/h2,9-10,12H,1,3-8H2. The molecule has 1 atom stereocenters. The molecule has 0 radical (unpaired) electrons. The van der Waals surface area contributed by atoms with Gasteiger partial charge in [0.2, 0.25) is 0 Å². The molecule has 3 nitrogen and oxygen atoms in total. The van der Waals surface area contributed by atoms with Crippen molar-refractivity contribution in [3.8, 4) is 0 Å². The summed E-state index contributed by atoms with van der Waals surface area (Å²) < 4.78 is 0. The molecule has 70 valence electrons. The second-order valence-corrected chi connectivity index (χ2v) is 3.15. The van der Waals surface area contributed by atoms with Crippen LogP contribution in [-0.2, 0) is 0 Å². The average Bonchev–Trinajstić information content (AvgIpc) is 2.09. The van der Waals surface area contributed by atoms with E-state index in [1.54, 1.807) is 0 Å². The third kappa shape index (κ3) is 2.59. The van der Waals surface area contributed by atoms with Crippen molar-refractivity contribution in [2.75, 3.05) is 32.8 Å². The van der Waals surface area contributed by atoms with Gasteiger partial charge in [0.15, 0.2) is 0 Å². The zero-order valence-corrected chi connectivity index (χ0v) is 7.50. The molecule has 1 aliphatic heterocycles. The average molecular weight is 170 g/mol. The van der Waals surface area contributed by atoms with Crippen molar-refractivity contribution in [2.24, 2.45) is 0 Å². The predicted octanol–water partition coefficient (Wildman–Crippen LogP) is -0.171. The smallest absolute Gasteiger partial charge is 0.0446 e. The lowest BCUT2D eigenvalue weighted by Gasteiger charge is -2.35. The van der Waals surface area contributed by atoms with E-state index < -0.39 is 0 Å². The Morgan fingerprint density at radius 1 is 1.67 bits per heavy atom. The summed E-state index contributed by atoms with van der Waals surface area (Å²) in [6.07, 6.45) is 2.79. The fraction of sp³-hybridized carbons (Fsp3) is 0.778. The Labute approximate surface area is 74.1 Å². The first kappa shape index (κ1) is 9.71. The van der Waals surface area contributed by atoms with Gasteiger partial charge in [0.05, 0.1) is 0 Å². The zero-order valence-electron chi connectivity index (χ0n) is 7.50. The fourth-order valence-corrected chi connectivity index (χ4v) is 1.64. The maximum atomic E-state index is 8.82. The first-order valence-corrected chi connectivity index (χ1v) is 4.55. The normalized spacial score (nSPS) is 25.6. The van der Waals surface area contributed by atoms with Crippen molar-refractivity contribution in [2.45, 2.75) is 12.5 Å². The van der Waals surface area contributed by atoms with Gasteiger partial charge in [0, 0.05) is 38.8 Å². The van der Waals surface area contributed by atoms with Crippen molar-refractivity contribution < 1.29 is 5.11 Å². The molecule has 3 heteroatoms. The molecule has 1 saturated heterocycles. The summed E-state index contributed by atoms with van der Waals surface area (Å²) in [6.45, 7) is 8.05. The highest BCUT2D eigenvalue weighted by Crippen LogP contribution is 2.06. The Morgan fingerprint density at radius 3 is 3.17 bits per heavy atom. The summed E-state index contributed by atoms with van der Waals surface area (Å²) >= 11 is 0. The molecule has 1 aliphatic rings. The molecule has 2 N–H and O–H groups in total. The summed E-state index contributed by atoms with van der Waals surface area (Å²) in [7, 11) is 0. The van der Waals surface area contributed by atoms with Gasteiger partial charge in [-0.3, -0.25) is 4.90 Å². The van der Waals surface area contributed by atoms with Gasteiger partial charge in [-0.1, -0.05) is 6.08 Å². The second kappa shape index (κ2) is 5.30. The van der Waals surface area contributed by atoms with Crippen LogP contribution < -0.4 is 5.32 Å². The zero-order chi connectivity index (χ0) is 8.81. The van der Waals surface area contributed by atoms with E-state index in [1.165, 1.54) is 0 Å². The molecule has 0 aromatic rings. The minimum absolute atomic E-state index is 0.278. The van der Waals surface area contributed by atoms with Crippen LogP contribution in [0, 0.1) is 0 Å². The van der Waals surface area contributed by atoms with E-state index in [0.29, 0.717) is 6.04 Å². The van der Waals surface area contributed by atoms with Gasteiger partial charge < -0.3 is 10.4 Å². The third-order valence-corrected chi connectivity index (χ3v) is 2.30. The van der Waals surface area contributed by atoms with Gasteiger partial charge in [-0.15, -0.1) is 6.58 Å². The summed E-state index contributed by atoms with van der Waals surface area (Å²) in [5.74, 6) is 0. The van der Waals surface area contributed by atoms with E-state index in [-0.39, 0.29) is 6.61 Å². The second-order valence-electron chi connectivity index (χ2n) is 3.15. The molecule has 1 rings (SSSR count). The van der Waals surface area contributed by atoms with Gasteiger partial charge >= 0.3 is 0 Å². The molecular formula is C9H18N2O. The number of nitrogens with zero attached hydrogens (tertiary/aromatic N) is 1. The SMILES string of the molecule is C=CCN1CCNCC1CCO. The Bertz CT molecular complexity index is 136. The highest BCUT2D eigenvalue weighted by atomic mass is 16.3. The Kier molecular flexibility index (Phi) is 4.29. The summed E-state index contributed by atoms with van der Waals surface area (Å²) in [4.78, 5) is 2.36. The van der Waals surface area contributed by atoms with Crippen LogP contribution >= 0.6 is 0 Å². The highest BCUT2D eigenvalue weighted by molar-refractivity contribution is 4.84. The number of aliphatic hydroxyl groups excluding tert-OH is 1. The number of nitrogens with one attached hydrogen (secondary N) is 1. The molecule has 1 heterocycles. The van der Waals surface area contributed by atoms with Crippen LogP contribution in [0.3, 0.4) is 0 Å². The Hall–Kier alpha value is -0.380. The maximum Gasteiger partial charge on any atom is 0.0446 e. The van der Waals surface area contributed by atoms with Crippen molar-refractivity contribution in [1.82, 2.24) is 10.2 Å². The number of aliphatic hydroxyl groups is 1. The van der Waals surface area contributed by atoms with Crippen molar-refractivity contribution >= 4 is 0 Å². The summed E-state index contributed by atoms with van der Waals surface area (Å²) in [6, 6.07) is 0.488. The third-order valence-electron chi connectivity index (χ3n) is 2.30. The molecule has 0 aromatic carbocycles. The van der Waals surface area contributed by atoms with Crippen molar-refractivity contribution in [3.05, 3.63) is 12.7 Å². The van der Waals surface area contributed by atoms with Crippen LogP contribution in [0.5, 0.6) is 0 Å². The van der Waals surface area contributed by atoms with Crippen molar-refractivity contribution in [1.29, 1.82) is 0 Å². The van der Waals surface area contributed by atoms with Crippen LogP contribution in [0.2, 0.25) is 0 Å². The molecule has 0 spiro atoms. The number of hydrogen-bond donors (Lipinski definition) is 2. The van der Waals surface area contributed by atoms with Crippen LogP contribution in [0.15, 0.2) is 12.7 Å². The molecule has 1 fully saturated rings. The molecule has 0 bridgehead atoms. The van der Waals surface area contributed by atoms with E-state index in [0.717, 1.165) is 32.6 Å². The van der Waals surface area contributed by atoms with Gasteiger partial charge in [0.1, 0.15) is 0 Å². The van der Waals surface area contributed by atoms with Gasteiger partial charge in [0.25, 0.3) is 0 Å². The van der Waals surface area contributed by atoms with Gasteiger partial charge in [-0.25, -0.2) is 0 Å². The van der Waals surface area contributed by atoms with E-state index in [2.05, 4.69) is 16.8 Å². The minimum Gasteiger partial charge on any atom is -0.396 e. The first-order valence-electron chi connectivity index (χ1n) is 4.55. The quantitative estimate of drug-likeness (QED) is 0.575. The monoisotopic (exact) mass is 170 g/mol. The largest absolute Gasteiger partial charge is 0.396 e. The Morgan fingerprint density at radius 2 is 2.50 bits per heavy atom. The van der Waals surface area contributed by atoms with Crippen LogP contribution in [0.1, 0.15) is 6.42 Å². The van der Waals surface area contributed by atoms with E-state index in [9.17, 15) is 0 Å². The lowest BCUT2D eigenvalue weighted by atomic mass is 10.1. The maximum absolute atomic E-state index is 8.82. The predicted molar refractivity (Wildman–Crippen MR) is 50.1 cm³/mol. The molecule has 12 heavy (non-hydrogen) atoms. The molecule has 0 aromatic heterocycles. The van der Waals surface area contributed by atoms with E-state index in [4.69, 9.17) is 5.11 Å². The molecule has 0 saturated carbocycles. The van der Waals surface area contributed by atoms with Gasteiger partial charge in [-0.05, 0) is 6.42 Å². The number of hydrogen-bond acceptors (Lipinski definition) is 3. The lowest BCUT2D eigenvalue weighted by molar-refractivity contribution is 0.143. The van der Waals surface area contributed by atoms with Crippen molar-refractivity contribution in [3.63, 3.8) is 0 Å². The molecular weight excluding hydrogens is 152 g/mol. The Balaban J connectivity index is 2.36. The topological polar surface area (TPSA) is 35.5 Å².